The van der Waals surface area contributed by atoms with Crippen molar-refractivity contribution in [3.63, 3.8) is 0 Å². The summed E-state index contributed by atoms with van der Waals surface area (Å²) < 4.78 is 5.39. The molecule has 1 amide bonds. The van der Waals surface area contributed by atoms with Crippen LogP contribution in [0.4, 0.5) is 10.8 Å². The highest BCUT2D eigenvalue weighted by atomic mass is 35.5. The number of hydrogen-bond donors (Lipinski definition) is 2. The Hall–Kier alpha value is -2.28. The van der Waals surface area contributed by atoms with E-state index < -0.39 is 0 Å². The van der Waals surface area contributed by atoms with E-state index in [2.05, 4.69) is 15.6 Å². The largest absolute Gasteiger partial charge is 0.494 e. The minimum absolute atomic E-state index is 0.142. The van der Waals surface area contributed by atoms with E-state index in [1.165, 1.54) is 11.3 Å². The molecule has 0 bridgehead atoms. The second kappa shape index (κ2) is 9.78. The van der Waals surface area contributed by atoms with Crippen molar-refractivity contribution < 1.29 is 9.53 Å². The predicted molar refractivity (Wildman–Crippen MR) is 116 cm³/mol. The molecule has 28 heavy (non-hydrogen) atoms. The molecule has 3 rings (SSSR count). The number of nitrogens with zero attached hydrogens (tertiary/aromatic N) is 1. The highest BCUT2D eigenvalue weighted by molar-refractivity contribution is 7.15. The summed E-state index contributed by atoms with van der Waals surface area (Å²) in [6.07, 6.45) is 2.34. The molecule has 3 aromatic rings. The lowest BCUT2D eigenvalue weighted by Gasteiger charge is -2.07. The highest BCUT2D eigenvalue weighted by Crippen LogP contribution is 2.27. The number of thiazole rings is 1. The molecule has 0 saturated carbocycles. The fourth-order valence-corrected chi connectivity index (χ4v) is 3.73. The van der Waals surface area contributed by atoms with Gasteiger partial charge in [0.1, 0.15) is 5.75 Å². The van der Waals surface area contributed by atoms with E-state index >= 15 is 0 Å². The first kappa shape index (κ1) is 20.5. The van der Waals surface area contributed by atoms with Crippen molar-refractivity contribution in [2.75, 3.05) is 23.8 Å². The Morgan fingerprint density at radius 3 is 2.71 bits per heavy atom. The lowest BCUT2D eigenvalue weighted by Crippen LogP contribution is -2.21. The lowest BCUT2D eigenvalue weighted by atomic mass is 10.1. The molecule has 0 atom stereocenters. The van der Waals surface area contributed by atoms with Gasteiger partial charge in [-0.1, -0.05) is 23.2 Å². The van der Waals surface area contributed by atoms with Gasteiger partial charge >= 0.3 is 0 Å². The minimum atomic E-state index is -0.171. The normalized spacial score (nSPS) is 10.5. The van der Waals surface area contributed by atoms with Crippen LogP contribution in [0, 0.1) is 0 Å². The van der Waals surface area contributed by atoms with Gasteiger partial charge in [0.15, 0.2) is 5.13 Å². The number of amides is 1. The summed E-state index contributed by atoms with van der Waals surface area (Å²) in [6, 6.07) is 12.8. The van der Waals surface area contributed by atoms with Crippen molar-refractivity contribution in [2.45, 2.75) is 13.3 Å². The van der Waals surface area contributed by atoms with Crippen LogP contribution in [-0.4, -0.2) is 24.0 Å². The molecule has 0 spiro atoms. The van der Waals surface area contributed by atoms with Gasteiger partial charge in [0, 0.05) is 33.2 Å². The minimum Gasteiger partial charge on any atom is -0.494 e. The number of benzene rings is 2. The van der Waals surface area contributed by atoms with Crippen molar-refractivity contribution in [2.24, 2.45) is 0 Å². The zero-order chi connectivity index (χ0) is 19.9. The Bertz CT molecular complexity index is 945. The number of carbonyl (C=O) groups is 1. The van der Waals surface area contributed by atoms with E-state index in [1.54, 1.807) is 18.3 Å². The summed E-state index contributed by atoms with van der Waals surface area (Å²) in [5, 5.41) is 7.71. The maximum atomic E-state index is 12.2. The quantitative estimate of drug-likeness (QED) is 0.490. The smallest absolute Gasteiger partial charge is 0.245 e. The van der Waals surface area contributed by atoms with Crippen LogP contribution < -0.4 is 15.4 Å². The summed E-state index contributed by atoms with van der Waals surface area (Å²) in [5.74, 6) is 0.628. The van der Waals surface area contributed by atoms with Crippen LogP contribution in [0.3, 0.4) is 0 Å². The Labute approximate surface area is 177 Å². The Balaban J connectivity index is 1.51. The van der Waals surface area contributed by atoms with Crippen LogP contribution in [-0.2, 0) is 11.2 Å². The number of nitrogens with one attached hydrogen (secondary N) is 2. The van der Waals surface area contributed by atoms with Crippen LogP contribution in [0.15, 0.2) is 48.7 Å². The van der Waals surface area contributed by atoms with E-state index in [0.717, 1.165) is 21.9 Å². The third-order valence-corrected chi connectivity index (χ3v) is 5.31. The van der Waals surface area contributed by atoms with Crippen molar-refractivity contribution in [1.29, 1.82) is 0 Å². The summed E-state index contributed by atoms with van der Waals surface area (Å²) in [7, 11) is 0. The number of rotatable bonds is 8. The molecule has 0 saturated heterocycles. The van der Waals surface area contributed by atoms with E-state index in [4.69, 9.17) is 27.9 Å². The lowest BCUT2D eigenvalue weighted by molar-refractivity contribution is -0.114. The average molecular weight is 436 g/mol. The van der Waals surface area contributed by atoms with Gasteiger partial charge < -0.3 is 15.4 Å². The second-order valence-corrected chi connectivity index (χ2v) is 7.86. The first-order valence-corrected chi connectivity index (χ1v) is 10.3. The van der Waals surface area contributed by atoms with Gasteiger partial charge in [-0.25, -0.2) is 4.98 Å². The van der Waals surface area contributed by atoms with E-state index in [1.807, 2.05) is 37.3 Å². The van der Waals surface area contributed by atoms with Crippen LogP contribution in [0.5, 0.6) is 5.75 Å². The topological polar surface area (TPSA) is 63.2 Å². The second-order valence-electron chi connectivity index (χ2n) is 5.90. The molecule has 1 aromatic heterocycles. The summed E-state index contributed by atoms with van der Waals surface area (Å²) >= 11 is 13.6. The zero-order valence-electron chi connectivity index (χ0n) is 15.2. The SMILES string of the molecule is CCOc1ccc(NCC(=O)Nc2ncc(Cc3cc(Cl)ccc3Cl)s2)cc1. The van der Waals surface area contributed by atoms with E-state index in [9.17, 15) is 4.79 Å². The molecule has 0 aliphatic heterocycles. The maximum absolute atomic E-state index is 12.2. The highest BCUT2D eigenvalue weighted by Gasteiger charge is 2.09. The van der Waals surface area contributed by atoms with Crippen LogP contribution >= 0.6 is 34.5 Å². The fraction of sp³-hybridized carbons (Fsp3) is 0.200. The molecule has 0 fully saturated rings. The third-order valence-electron chi connectivity index (χ3n) is 3.79. The summed E-state index contributed by atoms with van der Waals surface area (Å²) in [4.78, 5) is 17.4. The third kappa shape index (κ3) is 5.86. The molecule has 0 radical (unpaired) electrons. The van der Waals surface area contributed by atoms with Crippen LogP contribution in [0.2, 0.25) is 10.0 Å². The number of aromatic nitrogens is 1. The van der Waals surface area contributed by atoms with Crippen molar-refractivity contribution >= 4 is 51.3 Å². The molecular weight excluding hydrogens is 417 g/mol. The number of hydrogen-bond acceptors (Lipinski definition) is 5. The molecule has 0 unspecified atom stereocenters. The number of carbonyl (C=O) groups excluding carboxylic acids is 1. The monoisotopic (exact) mass is 435 g/mol. The number of ether oxygens (including phenoxy) is 1. The fourth-order valence-electron chi connectivity index (χ4n) is 2.49. The van der Waals surface area contributed by atoms with E-state index in [0.29, 0.717) is 28.2 Å². The Morgan fingerprint density at radius 1 is 1.18 bits per heavy atom. The molecule has 2 N–H and O–H groups in total. The Kier molecular flexibility index (Phi) is 7.14. The zero-order valence-corrected chi connectivity index (χ0v) is 17.5. The van der Waals surface area contributed by atoms with Gasteiger partial charge in [-0.2, -0.15) is 0 Å². The van der Waals surface area contributed by atoms with Gasteiger partial charge in [-0.05, 0) is 55.0 Å². The molecule has 5 nitrogen and oxygen atoms in total. The molecule has 146 valence electrons. The van der Waals surface area contributed by atoms with Crippen molar-refractivity contribution in [1.82, 2.24) is 4.98 Å². The first-order chi connectivity index (χ1) is 13.5. The standard InChI is InChI=1S/C20H19Cl2N3O2S/c1-2-27-16-6-4-15(5-7-16)23-12-19(26)25-20-24-11-17(28-20)10-13-9-14(21)3-8-18(13)22/h3-9,11,23H,2,10,12H2,1H3,(H,24,25,26). The van der Waals surface area contributed by atoms with Crippen molar-refractivity contribution in [3.05, 3.63) is 69.1 Å². The average Bonchev–Trinajstić information content (AvgIpc) is 3.11. The molecule has 0 aliphatic carbocycles. The van der Waals surface area contributed by atoms with Gasteiger partial charge in [0.2, 0.25) is 5.91 Å². The first-order valence-electron chi connectivity index (χ1n) is 8.68. The number of halogens is 2. The van der Waals surface area contributed by atoms with Gasteiger partial charge in [-0.3, -0.25) is 4.79 Å². The number of anilines is 2. The van der Waals surface area contributed by atoms with Crippen LogP contribution in [0.1, 0.15) is 17.4 Å². The van der Waals surface area contributed by atoms with Gasteiger partial charge in [0.25, 0.3) is 0 Å². The van der Waals surface area contributed by atoms with Crippen LogP contribution in [0.25, 0.3) is 0 Å². The molecular formula is C20H19Cl2N3O2S. The van der Waals surface area contributed by atoms with E-state index in [-0.39, 0.29) is 12.5 Å². The molecule has 2 aromatic carbocycles. The molecule has 1 heterocycles. The predicted octanol–water partition coefficient (Wildman–Crippen LogP) is 5.49. The van der Waals surface area contributed by atoms with Crippen molar-refractivity contribution in [3.8, 4) is 5.75 Å². The molecule has 0 aliphatic rings. The van der Waals surface area contributed by atoms with Gasteiger partial charge in [-0.15, -0.1) is 11.3 Å². The Morgan fingerprint density at radius 2 is 1.96 bits per heavy atom. The summed E-state index contributed by atoms with van der Waals surface area (Å²) in [5.41, 5.74) is 1.77. The van der Waals surface area contributed by atoms with Gasteiger partial charge in [0.05, 0.1) is 13.2 Å². The molecule has 8 heteroatoms. The summed E-state index contributed by atoms with van der Waals surface area (Å²) in [6.45, 7) is 2.70. The maximum Gasteiger partial charge on any atom is 0.245 e.